The molecule has 0 aromatic heterocycles. The van der Waals surface area contributed by atoms with Crippen molar-refractivity contribution >= 4 is 5.69 Å². The van der Waals surface area contributed by atoms with Crippen LogP contribution in [0, 0.1) is 10.1 Å². The number of benzene rings is 1. The number of non-ortho nitro benzene ring substituents is 1. The Morgan fingerprint density at radius 1 is 1.28 bits per heavy atom. The van der Waals surface area contributed by atoms with Crippen LogP contribution in [-0.2, 0) is 6.42 Å². The molecule has 0 unspecified atom stereocenters. The molecule has 100 valence electrons. The first kappa shape index (κ1) is 14.6. The minimum Gasteiger partial charge on any atom is -0.315 e. The Morgan fingerprint density at radius 2 is 1.94 bits per heavy atom. The van der Waals surface area contributed by atoms with E-state index in [0.29, 0.717) is 0 Å². The third kappa shape index (κ3) is 5.25. The van der Waals surface area contributed by atoms with Crippen LogP contribution in [0.15, 0.2) is 24.3 Å². The first-order chi connectivity index (χ1) is 8.63. The van der Waals surface area contributed by atoms with Gasteiger partial charge in [0.2, 0.25) is 0 Å². The molecule has 5 nitrogen and oxygen atoms in total. The smallest absolute Gasteiger partial charge is 0.269 e. The van der Waals surface area contributed by atoms with Gasteiger partial charge in [-0.15, -0.1) is 0 Å². The highest BCUT2D eigenvalue weighted by atomic mass is 16.6. The largest absolute Gasteiger partial charge is 0.315 e. The molecular formula is C13H21N3O2. The number of hydrogen-bond acceptors (Lipinski definition) is 4. The molecule has 0 saturated carbocycles. The highest BCUT2D eigenvalue weighted by Crippen LogP contribution is 2.11. The van der Waals surface area contributed by atoms with Crippen LogP contribution in [0.4, 0.5) is 5.69 Å². The van der Waals surface area contributed by atoms with Gasteiger partial charge in [-0.1, -0.05) is 19.1 Å². The third-order valence-electron chi connectivity index (χ3n) is 2.95. The van der Waals surface area contributed by atoms with Crippen molar-refractivity contribution in [2.75, 3.05) is 33.2 Å². The fourth-order valence-corrected chi connectivity index (χ4v) is 1.57. The Morgan fingerprint density at radius 3 is 2.50 bits per heavy atom. The quantitative estimate of drug-likeness (QED) is 0.434. The van der Waals surface area contributed by atoms with Gasteiger partial charge in [0.15, 0.2) is 0 Å². The van der Waals surface area contributed by atoms with E-state index in [2.05, 4.69) is 24.2 Å². The van der Waals surface area contributed by atoms with E-state index >= 15 is 0 Å². The van der Waals surface area contributed by atoms with E-state index in [9.17, 15) is 10.1 Å². The van der Waals surface area contributed by atoms with Gasteiger partial charge in [0.05, 0.1) is 4.92 Å². The van der Waals surface area contributed by atoms with Gasteiger partial charge in [-0.25, -0.2) is 0 Å². The van der Waals surface area contributed by atoms with Crippen LogP contribution in [-0.4, -0.2) is 43.0 Å². The van der Waals surface area contributed by atoms with Crippen molar-refractivity contribution in [3.8, 4) is 0 Å². The average Bonchev–Trinajstić information content (AvgIpc) is 2.38. The van der Waals surface area contributed by atoms with Crippen LogP contribution >= 0.6 is 0 Å². The maximum absolute atomic E-state index is 10.5. The zero-order valence-corrected chi connectivity index (χ0v) is 11.1. The SMILES string of the molecule is CCN(C)CCNCCc1ccc([N+](=O)[O-])cc1. The van der Waals surface area contributed by atoms with Gasteiger partial charge < -0.3 is 10.2 Å². The van der Waals surface area contributed by atoms with E-state index in [1.54, 1.807) is 12.1 Å². The van der Waals surface area contributed by atoms with E-state index in [0.717, 1.165) is 38.2 Å². The lowest BCUT2D eigenvalue weighted by Crippen LogP contribution is -2.30. The average molecular weight is 251 g/mol. The minimum atomic E-state index is -0.372. The Hall–Kier alpha value is -1.46. The lowest BCUT2D eigenvalue weighted by atomic mass is 10.1. The summed E-state index contributed by atoms with van der Waals surface area (Å²) >= 11 is 0. The van der Waals surface area contributed by atoms with E-state index in [1.807, 2.05) is 12.1 Å². The van der Waals surface area contributed by atoms with Gasteiger partial charge in [0.1, 0.15) is 0 Å². The predicted molar refractivity (Wildman–Crippen MR) is 72.8 cm³/mol. The molecule has 1 aromatic rings. The summed E-state index contributed by atoms with van der Waals surface area (Å²) in [6.07, 6.45) is 0.897. The Labute approximate surface area is 108 Å². The van der Waals surface area contributed by atoms with E-state index < -0.39 is 0 Å². The van der Waals surface area contributed by atoms with Crippen LogP contribution in [0.1, 0.15) is 12.5 Å². The van der Waals surface area contributed by atoms with E-state index in [4.69, 9.17) is 0 Å². The van der Waals surface area contributed by atoms with Gasteiger partial charge in [-0.2, -0.15) is 0 Å². The molecule has 0 amide bonds. The molecule has 5 heteroatoms. The topological polar surface area (TPSA) is 58.4 Å². The molecule has 0 aliphatic rings. The summed E-state index contributed by atoms with van der Waals surface area (Å²) in [6, 6.07) is 6.75. The number of nitrogens with zero attached hydrogens (tertiary/aromatic N) is 2. The van der Waals surface area contributed by atoms with Crippen LogP contribution in [0.3, 0.4) is 0 Å². The zero-order valence-electron chi connectivity index (χ0n) is 11.1. The molecule has 1 rings (SSSR count). The second-order valence-electron chi connectivity index (χ2n) is 4.32. The normalized spacial score (nSPS) is 10.8. The van der Waals surface area contributed by atoms with Crippen molar-refractivity contribution in [2.45, 2.75) is 13.3 Å². The molecule has 1 N–H and O–H groups in total. The number of nitro benzene ring substituents is 1. The molecule has 18 heavy (non-hydrogen) atoms. The minimum absolute atomic E-state index is 0.149. The lowest BCUT2D eigenvalue weighted by Gasteiger charge is -2.13. The first-order valence-corrected chi connectivity index (χ1v) is 6.26. The molecule has 0 aliphatic heterocycles. The summed E-state index contributed by atoms with van der Waals surface area (Å²) in [4.78, 5) is 12.4. The van der Waals surface area contributed by atoms with Gasteiger partial charge in [-0.05, 0) is 32.1 Å². The predicted octanol–water partition coefficient (Wildman–Crippen LogP) is 1.68. The Balaban J connectivity index is 2.21. The van der Waals surface area contributed by atoms with Crippen molar-refractivity contribution in [3.63, 3.8) is 0 Å². The molecule has 0 aliphatic carbocycles. The van der Waals surface area contributed by atoms with Crippen molar-refractivity contribution in [1.29, 1.82) is 0 Å². The van der Waals surface area contributed by atoms with Crippen molar-refractivity contribution in [2.24, 2.45) is 0 Å². The van der Waals surface area contributed by atoms with Crippen molar-refractivity contribution in [1.82, 2.24) is 10.2 Å². The molecule has 1 aromatic carbocycles. The Kier molecular flexibility index (Phi) is 6.32. The first-order valence-electron chi connectivity index (χ1n) is 6.26. The fraction of sp³-hybridized carbons (Fsp3) is 0.538. The van der Waals surface area contributed by atoms with Crippen LogP contribution < -0.4 is 5.32 Å². The number of nitrogens with one attached hydrogen (secondary N) is 1. The molecule has 0 spiro atoms. The zero-order chi connectivity index (χ0) is 13.4. The Bertz CT molecular complexity index is 365. The number of hydrogen-bond donors (Lipinski definition) is 1. The molecule has 0 saturated heterocycles. The van der Waals surface area contributed by atoms with Crippen molar-refractivity contribution in [3.05, 3.63) is 39.9 Å². The monoisotopic (exact) mass is 251 g/mol. The van der Waals surface area contributed by atoms with Gasteiger partial charge >= 0.3 is 0 Å². The summed E-state index contributed by atoms with van der Waals surface area (Å²) in [6.45, 7) is 6.10. The van der Waals surface area contributed by atoms with Gasteiger partial charge in [0, 0.05) is 25.2 Å². The summed E-state index contributed by atoms with van der Waals surface area (Å²) in [7, 11) is 2.10. The van der Waals surface area contributed by atoms with Crippen LogP contribution in [0.5, 0.6) is 0 Å². The molecule has 0 atom stereocenters. The molecular weight excluding hydrogens is 230 g/mol. The molecule has 0 bridgehead atoms. The van der Waals surface area contributed by atoms with Gasteiger partial charge in [0.25, 0.3) is 5.69 Å². The van der Waals surface area contributed by atoms with Crippen LogP contribution in [0.2, 0.25) is 0 Å². The highest BCUT2D eigenvalue weighted by molar-refractivity contribution is 5.32. The number of nitro groups is 1. The van der Waals surface area contributed by atoms with E-state index in [1.165, 1.54) is 0 Å². The van der Waals surface area contributed by atoms with Crippen molar-refractivity contribution < 1.29 is 4.92 Å². The highest BCUT2D eigenvalue weighted by Gasteiger charge is 2.03. The lowest BCUT2D eigenvalue weighted by molar-refractivity contribution is -0.384. The second kappa shape index (κ2) is 7.79. The number of rotatable bonds is 8. The number of likely N-dealkylation sites (N-methyl/N-ethyl adjacent to an activating group) is 1. The van der Waals surface area contributed by atoms with Gasteiger partial charge in [-0.3, -0.25) is 10.1 Å². The summed E-state index contributed by atoms with van der Waals surface area (Å²) in [5.41, 5.74) is 1.27. The standard InChI is InChI=1S/C13H21N3O2/c1-3-15(2)11-10-14-9-8-12-4-6-13(7-5-12)16(17)18/h4-7,14H,3,8-11H2,1-2H3. The summed E-state index contributed by atoms with van der Waals surface area (Å²) < 4.78 is 0. The molecule has 0 heterocycles. The van der Waals surface area contributed by atoms with Crippen LogP contribution in [0.25, 0.3) is 0 Å². The second-order valence-corrected chi connectivity index (χ2v) is 4.32. The van der Waals surface area contributed by atoms with E-state index in [-0.39, 0.29) is 10.6 Å². The molecule has 0 fully saturated rings. The maximum Gasteiger partial charge on any atom is 0.269 e. The summed E-state index contributed by atoms with van der Waals surface area (Å²) in [5.74, 6) is 0. The maximum atomic E-state index is 10.5. The fourth-order valence-electron chi connectivity index (χ4n) is 1.57. The molecule has 0 radical (unpaired) electrons. The summed E-state index contributed by atoms with van der Waals surface area (Å²) in [5, 5.41) is 13.9. The third-order valence-corrected chi connectivity index (χ3v) is 2.95.